The van der Waals surface area contributed by atoms with Gasteiger partial charge >= 0.3 is 0 Å². The standard InChI is InChI=1S/C16H15N3O/c1-10-9-14(12(3)20)15-11(2)19(18-16(15)17-10)13-7-5-4-6-8-13/h4-9H,1-3H3. The Labute approximate surface area is 117 Å². The van der Waals surface area contributed by atoms with Crippen molar-refractivity contribution in [1.29, 1.82) is 0 Å². The number of aromatic nitrogens is 3. The number of Topliss-reactive ketones (excluding diaryl/α,β-unsaturated/α-hetero) is 1. The van der Waals surface area contributed by atoms with Gasteiger partial charge in [0.15, 0.2) is 11.4 Å². The van der Waals surface area contributed by atoms with Crippen LogP contribution in [0.5, 0.6) is 0 Å². The molecule has 0 bridgehead atoms. The van der Waals surface area contributed by atoms with E-state index in [0.29, 0.717) is 11.2 Å². The van der Waals surface area contributed by atoms with Crippen molar-refractivity contribution in [2.45, 2.75) is 20.8 Å². The van der Waals surface area contributed by atoms with Gasteiger partial charge in [0.05, 0.1) is 16.8 Å². The molecular formula is C16H15N3O. The molecular weight excluding hydrogens is 250 g/mol. The van der Waals surface area contributed by atoms with Crippen LogP contribution in [-0.2, 0) is 0 Å². The normalized spacial score (nSPS) is 10.9. The summed E-state index contributed by atoms with van der Waals surface area (Å²) >= 11 is 0. The number of nitrogens with zero attached hydrogens (tertiary/aromatic N) is 3. The van der Waals surface area contributed by atoms with Crippen molar-refractivity contribution in [3.8, 4) is 5.69 Å². The van der Waals surface area contributed by atoms with Gasteiger partial charge in [0.2, 0.25) is 0 Å². The van der Waals surface area contributed by atoms with Gasteiger partial charge in [0.25, 0.3) is 0 Å². The Hall–Kier alpha value is -2.49. The first-order valence-electron chi connectivity index (χ1n) is 6.51. The molecule has 0 saturated carbocycles. The molecule has 0 aliphatic heterocycles. The van der Waals surface area contributed by atoms with Crippen LogP contribution in [-0.4, -0.2) is 20.5 Å². The number of carbonyl (C=O) groups excluding carboxylic acids is 1. The van der Waals surface area contributed by atoms with Crippen molar-refractivity contribution in [1.82, 2.24) is 14.8 Å². The number of pyridine rings is 1. The summed E-state index contributed by atoms with van der Waals surface area (Å²) in [7, 11) is 0. The largest absolute Gasteiger partial charge is 0.294 e. The van der Waals surface area contributed by atoms with Crippen LogP contribution in [0.25, 0.3) is 16.7 Å². The van der Waals surface area contributed by atoms with E-state index >= 15 is 0 Å². The number of rotatable bonds is 2. The molecule has 1 aromatic carbocycles. The van der Waals surface area contributed by atoms with Crippen LogP contribution in [0.15, 0.2) is 36.4 Å². The van der Waals surface area contributed by atoms with Gasteiger partial charge in [-0.15, -0.1) is 5.10 Å². The molecule has 20 heavy (non-hydrogen) atoms. The Morgan fingerprint density at radius 2 is 1.85 bits per heavy atom. The number of ketones is 1. The van der Waals surface area contributed by atoms with E-state index in [1.807, 2.05) is 54.9 Å². The maximum atomic E-state index is 11.8. The van der Waals surface area contributed by atoms with E-state index in [-0.39, 0.29) is 5.78 Å². The summed E-state index contributed by atoms with van der Waals surface area (Å²) < 4.78 is 1.84. The first-order chi connectivity index (χ1) is 9.58. The highest BCUT2D eigenvalue weighted by Crippen LogP contribution is 2.24. The zero-order chi connectivity index (χ0) is 14.3. The fraction of sp³-hybridized carbons (Fsp3) is 0.188. The Kier molecular flexibility index (Phi) is 2.86. The molecule has 2 heterocycles. The Morgan fingerprint density at radius 3 is 2.50 bits per heavy atom. The zero-order valence-corrected chi connectivity index (χ0v) is 11.7. The average Bonchev–Trinajstić information content (AvgIpc) is 2.76. The fourth-order valence-corrected chi connectivity index (χ4v) is 2.46. The summed E-state index contributed by atoms with van der Waals surface area (Å²) in [5, 5.41) is 5.38. The smallest absolute Gasteiger partial charge is 0.182 e. The highest BCUT2D eigenvalue weighted by atomic mass is 16.1. The van der Waals surface area contributed by atoms with Gasteiger partial charge in [-0.3, -0.25) is 4.79 Å². The number of hydrogen-bond donors (Lipinski definition) is 0. The van der Waals surface area contributed by atoms with Crippen molar-refractivity contribution < 1.29 is 4.79 Å². The highest BCUT2D eigenvalue weighted by Gasteiger charge is 2.16. The van der Waals surface area contributed by atoms with Crippen LogP contribution >= 0.6 is 0 Å². The minimum atomic E-state index is 0.0382. The number of para-hydroxylation sites is 1. The average molecular weight is 265 g/mol. The fourth-order valence-electron chi connectivity index (χ4n) is 2.46. The maximum absolute atomic E-state index is 11.8. The summed E-state index contributed by atoms with van der Waals surface area (Å²) in [6.07, 6.45) is 0. The summed E-state index contributed by atoms with van der Waals surface area (Å²) in [5.74, 6) is 0.0382. The van der Waals surface area contributed by atoms with Gasteiger partial charge in [-0.1, -0.05) is 18.2 Å². The first kappa shape index (κ1) is 12.5. The molecule has 2 aromatic heterocycles. The zero-order valence-electron chi connectivity index (χ0n) is 11.7. The lowest BCUT2D eigenvalue weighted by Crippen LogP contribution is -1.99. The molecule has 100 valence electrons. The summed E-state index contributed by atoms with van der Waals surface area (Å²) in [5.41, 5.74) is 4.02. The molecule has 0 aliphatic rings. The molecule has 3 aromatic rings. The van der Waals surface area contributed by atoms with Crippen LogP contribution in [0.2, 0.25) is 0 Å². The lowest BCUT2D eigenvalue weighted by Gasteiger charge is -2.04. The van der Waals surface area contributed by atoms with Crippen molar-refractivity contribution in [3.05, 3.63) is 53.3 Å². The van der Waals surface area contributed by atoms with Crippen LogP contribution in [0, 0.1) is 13.8 Å². The SMILES string of the molecule is CC(=O)c1cc(C)nc2nn(-c3ccccc3)c(C)c12. The van der Waals surface area contributed by atoms with E-state index in [9.17, 15) is 4.79 Å². The summed E-state index contributed by atoms with van der Waals surface area (Å²) in [6, 6.07) is 11.7. The minimum Gasteiger partial charge on any atom is -0.294 e. The Bertz CT molecular complexity index is 803. The third-order valence-electron chi connectivity index (χ3n) is 3.38. The third kappa shape index (κ3) is 1.90. The number of aryl methyl sites for hydroxylation is 2. The number of fused-ring (bicyclic) bond motifs is 1. The quantitative estimate of drug-likeness (QED) is 0.668. The van der Waals surface area contributed by atoms with Crippen LogP contribution in [0.3, 0.4) is 0 Å². The van der Waals surface area contributed by atoms with Crippen molar-refractivity contribution >= 4 is 16.8 Å². The maximum Gasteiger partial charge on any atom is 0.182 e. The van der Waals surface area contributed by atoms with Gasteiger partial charge < -0.3 is 0 Å². The van der Waals surface area contributed by atoms with Crippen LogP contribution < -0.4 is 0 Å². The van der Waals surface area contributed by atoms with E-state index in [4.69, 9.17) is 0 Å². The highest BCUT2D eigenvalue weighted by molar-refractivity contribution is 6.06. The van der Waals surface area contributed by atoms with Crippen molar-refractivity contribution in [3.63, 3.8) is 0 Å². The van der Waals surface area contributed by atoms with Crippen molar-refractivity contribution in [2.75, 3.05) is 0 Å². The molecule has 0 aliphatic carbocycles. The molecule has 0 fully saturated rings. The lowest BCUT2D eigenvalue weighted by molar-refractivity contribution is 0.101. The minimum absolute atomic E-state index is 0.0382. The van der Waals surface area contributed by atoms with Gasteiger partial charge in [-0.05, 0) is 39.0 Å². The molecule has 0 saturated heterocycles. The Morgan fingerprint density at radius 1 is 1.15 bits per heavy atom. The van der Waals surface area contributed by atoms with Crippen LogP contribution in [0.4, 0.5) is 0 Å². The van der Waals surface area contributed by atoms with E-state index in [0.717, 1.165) is 22.5 Å². The molecule has 0 radical (unpaired) electrons. The van der Waals surface area contributed by atoms with E-state index in [1.54, 1.807) is 6.92 Å². The summed E-state index contributed by atoms with van der Waals surface area (Å²) in [6.45, 7) is 5.42. The van der Waals surface area contributed by atoms with E-state index in [1.165, 1.54) is 0 Å². The Balaban J connectivity index is 2.36. The molecule has 0 amide bonds. The number of hydrogen-bond acceptors (Lipinski definition) is 3. The molecule has 3 rings (SSSR count). The van der Waals surface area contributed by atoms with Gasteiger partial charge in [0, 0.05) is 11.3 Å². The molecule has 0 unspecified atom stereocenters. The predicted molar refractivity (Wildman–Crippen MR) is 78.3 cm³/mol. The van der Waals surface area contributed by atoms with Crippen molar-refractivity contribution in [2.24, 2.45) is 0 Å². The topological polar surface area (TPSA) is 47.8 Å². The van der Waals surface area contributed by atoms with Crippen LogP contribution in [0.1, 0.15) is 28.7 Å². The van der Waals surface area contributed by atoms with E-state index in [2.05, 4.69) is 10.1 Å². The molecule has 0 N–H and O–H groups in total. The summed E-state index contributed by atoms with van der Waals surface area (Å²) in [4.78, 5) is 16.3. The van der Waals surface area contributed by atoms with Gasteiger partial charge in [-0.25, -0.2) is 9.67 Å². The third-order valence-corrected chi connectivity index (χ3v) is 3.38. The van der Waals surface area contributed by atoms with Gasteiger partial charge in [0.1, 0.15) is 0 Å². The number of carbonyl (C=O) groups is 1. The monoisotopic (exact) mass is 265 g/mol. The van der Waals surface area contributed by atoms with Gasteiger partial charge in [-0.2, -0.15) is 0 Å². The second-order valence-electron chi connectivity index (χ2n) is 4.90. The molecule has 0 atom stereocenters. The lowest BCUT2D eigenvalue weighted by atomic mass is 10.1. The predicted octanol–water partition coefficient (Wildman–Crippen LogP) is 3.24. The second-order valence-corrected chi connectivity index (χ2v) is 4.90. The second kappa shape index (κ2) is 4.56. The van der Waals surface area contributed by atoms with E-state index < -0.39 is 0 Å². The molecule has 0 spiro atoms. The number of benzene rings is 1. The molecule has 4 nitrogen and oxygen atoms in total. The molecule has 4 heteroatoms. The first-order valence-corrected chi connectivity index (χ1v) is 6.51.